The van der Waals surface area contributed by atoms with Gasteiger partial charge in [0, 0.05) is 44.3 Å². The Morgan fingerprint density at radius 2 is 1.89 bits per heavy atom. The zero-order chi connectivity index (χ0) is 19.7. The van der Waals surface area contributed by atoms with Gasteiger partial charge in [0.15, 0.2) is 0 Å². The Hall–Kier alpha value is -2.35. The predicted octanol–water partition coefficient (Wildman–Crippen LogP) is 2.60. The molecule has 0 spiro atoms. The lowest BCUT2D eigenvalue weighted by Crippen LogP contribution is -2.42. The fourth-order valence-electron chi connectivity index (χ4n) is 3.76. The molecule has 1 aromatic heterocycles. The highest BCUT2D eigenvalue weighted by Crippen LogP contribution is 2.30. The molecule has 0 radical (unpaired) electrons. The molecule has 4 rings (SSSR count). The predicted molar refractivity (Wildman–Crippen MR) is 110 cm³/mol. The van der Waals surface area contributed by atoms with Crippen molar-refractivity contribution in [3.8, 4) is 5.75 Å². The van der Waals surface area contributed by atoms with Crippen molar-refractivity contribution < 1.29 is 13.2 Å². The molecule has 1 N–H and O–H groups in total. The Bertz CT molecular complexity index is 1100. The van der Waals surface area contributed by atoms with Crippen LogP contribution in [0, 0.1) is 6.92 Å². The third-order valence-electron chi connectivity index (χ3n) is 5.25. The molecule has 1 fully saturated rings. The second-order valence-corrected chi connectivity index (χ2v) is 8.93. The first kappa shape index (κ1) is 19.0. The van der Waals surface area contributed by atoms with Gasteiger partial charge in [0.05, 0.1) is 12.6 Å². The Labute approximate surface area is 165 Å². The van der Waals surface area contributed by atoms with E-state index in [1.807, 2.05) is 31.2 Å². The molecule has 2 aromatic carbocycles. The summed E-state index contributed by atoms with van der Waals surface area (Å²) in [6.45, 7) is 6.65. The summed E-state index contributed by atoms with van der Waals surface area (Å²) in [6.07, 6.45) is 1.64. The number of nitrogens with one attached hydrogen (secondary N) is 1. The number of rotatable bonds is 5. The van der Waals surface area contributed by atoms with Crippen LogP contribution in [0.4, 0.5) is 0 Å². The second-order valence-electron chi connectivity index (χ2n) is 7.15. The number of aryl methyl sites for hydroxylation is 1. The van der Waals surface area contributed by atoms with E-state index in [0.29, 0.717) is 11.3 Å². The minimum atomic E-state index is -3.77. The van der Waals surface area contributed by atoms with Gasteiger partial charge in [-0.2, -0.15) is 0 Å². The maximum Gasteiger partial charge on any atom is 0.271 e. The minimum Gasteiger partial charge on any atom is -0.495 e. The van der Waals surface area contributed by atoms with Gasteiger partial charge < -0.3 is 10.1 Å². The molecular weight excluding hydrogens is 374 g/mol. The molecule has 28 heavy (non-hydrogen) atoms. The number of ether oxygens (including phenoxy) is 1. The average Bonchev–Trinajstić information content (AvgIpc) is 3.15. The summed E-state index contributed by atoms with van der Waals surface area (Å²) >= 11 is 0. The van der Waals surface area contributed by atoms with Crippen LogP contribution in [0.2, 0.25) is 0 Å². The van der Waals surface area contributed by atoms with E-state index in [-0.39, 0.29) is 4.90 Å². The van der Waals surface area contributed by atoms with Crippen molar-refractivity contribution in [1.29, 1.82) is 0 Å². The van der Waals surface area contributed by atoms with Crippen LogP contribution in [0.25, 0.3) is 10.9 Å². The van der Waals surface area contributed by atoms with E-state index in [0.717, 1.165) is 49.2 Å². The number of fused-ring (bicyclic) bond motifs is 1. The lowest BCUT2D eigenvalue weighted by Gasteiger charge is -2.27. The van der Waals surface area contributed by atoms with Crippen molar-refractivity contribution in [2.24, 2.45) is 0 Å². The number of benzene rings is 2. The van der Waals surface area contributed by atoms with E-state index in [4.69, 9.17) is 4.74 Å². The molecule has 1 aliphatic heterocycles. The molecule has 3 aromatic rings. The molecular formula is C21H25N3O3S. The van der Waals surface area contributed by atoms with Crippen LogP contribution >= 0.6 is 0 Å². The zero-order valence-corrected chi connectivity index (χ0v) is 17.0. The summed E-state index contributed by atoms with van der Waals surface area (Å²) in [5, 5.41) is 4.33. The van der Waals surface area contributed by atoms with E-state index in [1.54, 1.807) is 18.3 Å². The van der Waals surface area contributed by atoms with E-state index >= 15 is 0 Å². The van der Waals surface area contributed by atoms with Crippen molar-refractivity contribution in [3.63, 3.8) is 0 Å². The lowest BCUT2D eigenvalue weighted by molar-refractivity contribution is 0.234. The normalized spacial score (nSPS) is 15.8. The summed E-state index contributed by atoms with van der Waals surface area (Å²) in [5.74, 6) is 0.351. The monoisotopic (exact) mass is 399 g/mol. The fraction of sp³-hybridized carbons (Fsp3) is 0.333. The van der Waals surface area contributed by atoms with Crippen LogP contribution in [0.15, 0.2) is 53.6 Å². The SMILES string of the molecule is COc1ccc(C)cc1S(=O)(=O)n1ccc2c(CN3CCNCC3)cccc21. The van der Waals surface area contributed by atoms with Gasteiger partial charge >= 0.3 is 0 Å². The fourth-order valence-corrected chi connectivity index (χ4v) is 5.35. The van der Waals surface area contributed by atoms with Gasteiger partial charge in [-0.3, -0.25) is 4.90 Å². The Balaban J connectivity index is 1.78. The van der Waals surface area contributed by atoms with Crippen molar-refractivity contribution in [3.05, 3.63) is 59.8 Å². The van der Waals surface area contributed by atoms with Crippen LogP contribution in [0.5, 0.6) is 5.75 Å². The van der Waals surface area contributed by atoms with Gasteiger partial charge in [-0.05, 0) is 42.3 Å². The maximum atomic E-state index is 13.4. The van der Waals surface area contributed by atoms with Gasteiger partial charge in [-0.1, -0.05) is 18.2 Å². The van der Waals surface area contributed by atoms with Gasteiger partial charge in [-0.25, -0.2) is 12.4 Å². The molecule has 0 unspecified atom stereocenters. The van der Waals surface area contributed by atoms with Crippen LogP contribution in [-0.4, -0.2) is 50.6 Å². The van der Waals surface area contributed by atoms with Crippen molar-refractivity contribution in [2.45, 2.75) is 18.4 Å². The molecule has 0 saturated carbocycles. The highest BCUT2D eigenvalue weighted by molar-refractivity contribution is 7.90. The lowest BCUT2D eigenvalue weighted by atomic mass is 10.1. The van der Waals surface area contributed by atoms with Gasteiger partial charge in [0.1, 0.15) is 10.6 Å². The number of methoxy groups -OCH3 is 1. The molecule has 2 heterocycles. The highest BCUT2D eigenvalue weighted by atomic mass is 32.2. The van der Waals surface area contributed by atoms with E-state index in [9.17, 15) is 8.42 Å². The van der Waals surface area contributed by atoms with Crippen molar-refractivity contribution >= 4 is 20.9 Å². The molecule has 0 aliphatic carbocycles. The molecule has 1 saturated heterocycles. The maximum absolute atomic E-state index is 13.4. The van der Waals surface area contributed by atoms with Crippen LogP contribution < -0.4 is 10.1 Å². The summed E-state index contributed by atoms with van der Waals surface area (Å²) in [6, 6.07) is 13.0. The third kappa shape index (κ3) is 3.41. The van der Waals surface area contributed by atoms with E-state index in [2.05, 4.69) is 16.3 Å². The molecule has 0 amide bonds. The van der Waals surface area contributed by atoms with Crippen LogP contribution in [0.3, 0.4) is 0 Å². The highest BCUT2D eigenvalue weighted by Gasteiger charge is 2.24. The van der Waals surface area contributed by atoms with Crippen molar-refractivity contribution in [1.82, 2.24) is 14.2 Å². The largest absolute Gasteiger partial charge is 0.495 e. The molecule has 1 aliphatic rings. The smallest absolute Gasteiger partial charge is 0.271 e. The second kappa shape index (κ2) is 7.58. The van der Waals surface area contributed by atoms with Crippen LogP contribution in [-0.2, 0) is 16.6 Å². The summed E-state index contributed by atoms with van der Waals surface area (Å²) in [7, 11) is -2.28. The number of nitrogens with zero attached hydrogens (tertiary/aromatic N) is 2. The standard InChI is InChI=1S/C21H25N3O3S/c1-16-6-7-20(27-2)21(14-16)28(25,26)24-11-8-18-17(4-3-5-19(18)24)15-23-12-9-22-10-13-23/h3-8,11,14,22H,9-10,12-13,15H2,1-2H3. The first-order chi connectivity index (χ1) is 13.5. The van der Waals surface area contributed by atoms with Gasteiger partial charge in [0.25, 0.3) is 10.0 Å². The molecule has 7 heteroatoms. The average molecular weight is 400 g/mol. The summed E-state index contributed by atoms with van der Waals surface area (Å²) in [5.41, 5.74) is 2.70. The van der Waals surface area contributed by atoms with Crippen molar-refractivity contribution in [2.75, 3.05) is 33.3 Å². The number of aromatic nitrogens is 1. The topological polar surface area (TPSA) is 63.6 Å². The Kier molecular flexibility index (Phi) is 5.14. The molecule has 148 valence electrons. The molecule has 0 bridgehead atoms. The number of hydrogen-bond donors (Lipinski definition) is 1. The Morgan fingerprint density at radius 1 is 1.11 bits per heavy atom. The van der Waals surface area contributed by atoms with E-state index < -0.39 is 10.0 Å². The molecule has 6 nitrogen and oxygen atoms in total. The number of hydrogen-bond acceptors (Lipinski definition) is 5. The number of piperazine rings is 1. The Morgan fingerprint density at radius 3 is 2.64 bits per heavy atom. The quantitative estimate of drug-likeness (QED) is 0.715. The third-order valence-corrected chi connectivity index (χ3v) is 6.96. The van der Waals surface area contributed by atoms with E-state index in [1.165, 1.54) is 11.1 Å². The zero-order valence-electron chi connectivity index (χ0n) is 16.2. The summed E-state index contributed by atoms with van der Waals surface area (Å²) in [4.78, 5) is 2.57. The molecule has 0 atom stereocenters. The van der Waals surface area contributed by atoms with Gasteiger partial charge in [-0.15, -0.1) is 0 Å². The first-order valence-corrected chi connectivity index (χ1v) is 10.9. The van der Waals surface area contributed by atoms with Crippen LogP contribution in [0.1, 0.15) is 11.1 Å². The van der Waals surface area contributed by atoms with Gasteiger partial charge in [0.2, 0.25) is 0 Å². The minimum absolute atomic E-state index is 0.181. The summed E-state index contributed by atoms with van der Waals surface area (Å²) < 4.78 is 33.5. The first-order valence-electron chi connectivity index (χ1n) is 9.43.